The molecule has 0 aromatic rings. The largest absolute Gasteiger partial charge is 0.332 e. The molecule has 6 nitrogen and oxygen atoms in total. The summed E-state index contributed by atoms with van der Waals surface area (Å²) in [5.74, 6) is 0.201. The van der Waals surface area contributed by atoms with E-state index in [1.807, 2.05) is 0 Å². The lowest BCUT2D eigenvalue weighted by Gasteiger charge is -2.09. The first-order chi connectivity index (χ1) is 13.6. The first-order valence-corrected chi connectivity index (χ1v) is 14.0. The molecule has 1 aliphatic heterocycles. The molecule has 0 amide bonds. The molecule has 28 heavy (non-hydrogen) atoms. The first-order valence-electron chi connectivity index (χ1n) is 11.3. The van der Waals surface area contributed by atoms with Crippen LogP contribution in [0.15, 0.2) is 0 Å². The summed E-state index contributed by atoms with van der Waals surface area (Å²) in [6.45, 7) is 3.92. The van der Waals surface area contributed by atoms with Crippen LogP contribution in [0.3, 0.4) is 0 Å². The molecule has 1 saturated heterocycles. The topological polar surface area (TPSA) is 73.9 Å². The number of sulfonamides is 1. The zero-order valence-corrected chi connectivity index (χ0v) is 19.5. The summed E-state index contributed by atoms with van der Waals surface area (Å²) >= 11 is 0. The van der Waals surface area contributed by atoms with E-state index in [-0.39, 0.29) is 18.9 Å². The quantitative estimate of drug-likeness (QED) is 0.195. The van der Waals surface area contributed by atoms with Crippen molar-refractivity contribution in [1.82, 2.24) is 4.72 Å². The summed E-state index contributed by atoms with van der Waals surface area (Å²) in [5.41, 5.74) is 0. The van der Waals surface area contributed by atoms with Gasteiger partial charge in [-0.05, 0) is 6.42 Å². The minimum absolute atomic E-state index is 0.201. The molecule has 0 atom stereocenters. The summed E-state index contributed by atoms with van der Waals surface area (Å²) in [7, 11) is -4.45. The van der Waals surface area contributed by atoms with E-state index in [9.17, 15) is 8.42 Å². The van der Waals surface area contributed by atoms with Gasteiger partial charge in [0.2, 0.25) is 10.0 Å². The van der Waals surface area contributed by atoms with Crippen molar-refractivity contribution >= 4 is 18.6 Å². The molecular weight excluding hydrogens is 397 g/mol. The third kappa shape index (κ3) is 16.1. The fourth-order valence-corrected chi connectivity index (χ4v) is 5.25. The SMILES string of the molecule is CCCCCCCCCCCCCCCCS(=O)(=O)NCCOP1OCCO1. The van der Waals surface area contributed by atoms with Crippen LogP contribution in [-0.2, 0) is 23.6 Å². The third-order valence-electron chi connectivity index (χ3n) is 4.86. The molecule has 1 N–H and O–H groups in total. The molecule has 0 spiro atoms. The average molecular weight is 440 g/mol. The van der Waals surface area contributed by atoms with E-state index in [1.165, 1.54) is 70.6 Å². The first kappa shape index (κ1) is 26.3. The van der Waals surface area contributed by atoms with Gasteiger partial charge in [-0.25, -0.2) is 13.1 Å². The Morgan fingerprint density at radius 3 is 1.75 bits per heavy atom. The maximum Gasteiger partial charge on any atom is 0.332 e. The molecule has 1 heterocycles. The van der Waals surface area contributed by atoms with E-state index in [2.05, 4.69) is 11.6 Å². The molecule has 0 radical (unpaired) electrons. The zero-order chi connectivity index (χ0) is 20.3. The van der Waals surface area contributed by atoms with Gasteiger partial charge in [-0.2, -0.15) is 0 Å². The molecule has 0 aromatic carbocycles. The van der Waals surface area contributed by atoms with Crippen LogP contribution in [-0.4, -0.2) is 40.5 Å². The lowest BCUT2D eigenvalue weighted by Crippen LogP contribution is -2.29. The smallest absolute Gasteiger partial charge is 0.311 e. The van der Waals surface area contributed by atoms with Crippen LogP contribution in [0.4, 0.5) is 0 Å². The van der Waals surface area contributed by atoms with E-state index < -0.39 is 18.6 Å². The Kier molecular flexibility index (Phi) is 16.9. The van der Waals surface area contributed by atoms with Crippen LogP contribution in [0.1, 0.15) is 96.8 Å². The lowest BCUT2D eigenvalue weighted by molar-refractivity contribution is 0.251. The number of hydrogen-bond donors (Lipinski definition) is 1. The van der Waals surface area contributed by atoms with Crippen LogP contribution >= 0.6 is 8.60 Å². The number of unbranched alkanes of at least 4 members (excludes halogenated alkanes) is 13. The van der Waals surface area contributed by atoms with Crippen LogP contribution in [0.5, 0.6) is 0 Å². The van der Waals surface area contributed by atoms with E-state index in [1.54, 1.807) is 0 Å². The van der Waals surface area contributed by atoms with Crippen LogP contribution < -0.4 is 4.72 Å². The molecule has 0 bridgehead atoms. The summed E-state index contributed by atoms with van der Waals surface area (Å²) in [5, 5.41) is 0. The van der Waals surface area contributed by atoms with Gasteiger partial charge in [0, 0.05) is 6.54 Å². The molecule has 0 aliphatic carbocycles. The average Bonchev–Trinajstić information content (AvgIpc) is 3.19. The normalized spacial score (nSPS) is 15.5. The molecule has 0 saturated carbocycles. The Morgan fingerprint density at radius 2 is 1.25 bits per heavy atom. The Labute approximate surface area is 174 Å². The second kappa shape index (κ2) is 18.0. The molecule has 1 rings (SSSR count). The van der Waals surface area contributed by atoms with Crippen LogP contribution in [0.25, 0.3) is 0 Å². The molecule has 8 heteroatoms. The standard InChI is InChI=1S/C20H42NO5PS/c1-2-3-4-5-6-7-8-9-10-11-12-13-14-15-20-28(22,23)21-16-17-24-27-25-18-19-26-27/h21H,2-20H2,1H3. The maximum absolute atomic E-state index is 11.9. The van der Waals surface area contributed by atoms with Crippen molar-refractivity contribution in [3.63, 3.8) is 0 Å². The Hall–Kier alpha value is 0.220. The Morgan fingerprint density at radius 1 is 0.786 bits per heavy atom. The minimum atomic E-state index is -3.20. The van der Waals surface area contributed by atoms with Crippen molar-refractivity contribution in [2.75, 3.05) is 32.1 Å². The van der Waals surface area contributed by atoms with Gasteiger partial charge < -0.3 is 13.6 Å². The monoisotopic (exact) mass is 439 g/mol. The van der Waals surface area contributed by atoms with Crippen molar-refractivity contribution in [2.24, 2.45) is 0 Å². The van der Waals surface area contributed by atoms with Gasteiger partial charge in [0.25, 0.3) is 0 Å². The van der Waals surface area contributed by atoms with Gasteiger partial charge in [-0.15, -0.1) is 0 Å². The van der Waals surface area contributed by atoms with Crippen molar-refractivity contribution in [3.05, 3.63) is 0 Å². The van der Waals surface area contributed by atoms with Crippen LogP contribution in [0.2, 0.25) is 0 Å². The second-order valence-electron chi connectivity index (χ2n) is 7.53. The number of hydrogen-bond acceptors (Lipinski definition) is 5. The molecular formula is C20H42NO5PS. The highest BCUT2D eigenvalue weighted by Gasteiger charge is 2.18. The third-order valence-corrected chi connectivity index (χ3v) is 7.51. The molecule has 0 aromatic heterocycles. The van der Waals surface area contributed by atoms with Gasteiger partial charge in [0.05, 0.1) is 25.6 Å². The highest BCUT2D eigenvalue weighted by Crippen LogP contribution is 2.42. The summed E-state index contributed by atoms with van der Waals surface area (Å²) in [4.78, 5) is 0. The van der Waals surface area contributed by atoms with Crippen molar-refractivity contribution < 1.29 is 22.0 Å². The van der Waals surface area contributed by atoms with Gasteiger partial charge in [0.15, 0.2) is 0 Å². The van der Waals surface area contributed by atoms with Gasteiger partial charge >= 0.3 is 8.60 Å². The summed E-state index contributed by atoms with van der Waals surface area (Å²) in [6.07, 6.45) is 17.7. The maximum atomic E-state index is 11.9. The minimum Gasteiger partial charge on any atom is -0.311 e. The van der Waals surface area contributed by atoms with Gasteiger partial charge in [-0.1, -0.05) is 90.4 Å². The predicted octanol–water partition coefficient (Wildman–Crippen LogP) is 5.68. The summed E-state index contributed by atoms with van der Waals surface area (Å²) < 4.78 is 42.1. The Bertz CT molecular complexity index is 444. The lowest BCUT2D eigenvalue weighted by atomic mass is 10.0. The highest BCUT2D eigenvalue weighted by molar-refractivity contribution is 7.89. The zero-order valence-electron chi connectivity index (χ0n) is 17.8. The van der Waals surface area contributed by atoms with Gasteiger partial charge in [0.1, 0.15) is 0 Å². The molecule has 168 valence electrons. The molecule has 0 unspecified atom stereocenters. The van der Waals surface area contributed by atoms with Gasteiger partial charge in [-0.3, -0.25) is 0 Å². The van der Waals surface area contributed by atoms with E-state index in [0.29, 0.717) is 13.2 Å². The summed E-state index contributed by atoms with van der Waals surface area (Å²) in [6, 6.07) is 0. The predicted molar refractivity (Wildman–Crippen MR) is 117 cm³/mol. The van der Waals surface area contributed by atoms with Crippen LogP contribution in [0, 0.1) is 0 Å². The molecule has 1 fully saturated rings. The van der Waals surface area contributed by atoms with Crippen molar-refractivity contribution in [2.45, 2.75) is 96.8 Å². The van der Waals surface area contributed by atoms with Crippen molar-refractivity contribution in [1.29, 1.82) is 0 Å². The fourth-order valence-electron chi connectivity index (χ4n) is 3.21. The van der Waals surface area contributed by atoms with E-state index >= 15 is 0 Å². The highest BCUT2D eigenvalue weighted by atomic mass is 32.2. The number of rotatable bonds is 20. The Balaban J connectivity index is 1.80. The number of nitrogens with one attached hydrogen (secondary N) is 1. The fraction of sp³-hybridized carbons (Fsp3) is 1.00. The second-order valence-corrected chi connectivity index (χ2v) is 10.7. The van der Waals surface area contributed by atoms with E-state index in [0.717, 1.165) is 19.3 Å². The molecule has 1 aliphatic rings. The van der Waals surface area contributed by atoms with Crippen molar-refractivity contribution in [3.8, 4) is 0 Å². The van der Waals surface area contributed by atoms with E-state index in [4.69, 9.17) is 13.6 Å².